The maximum absolute atomic E-state index is 12.3. The Hall–Kier alpha value is -2.09. The average molecular weight is 337 g/mol. The van der Waals surface area contributed by atoms with Crippen molar-refractivity contribution in [3.05, 3.63) is 66.2 Å². The van der Waals surface area contributed by atoms with Crippen molar-refractivity contribution in [2.45, 2.75) is 42.3 Å². The average Bonchev–Trinajstić information content (AvgIpc) is 2.63. The zero-order valence-electron chi connectivity index (χ0n) is 13.4. The third-order valence-electron chi connectivity index (χ3n) is 4.21. The summed E-state index contributed by atoms with van der Waals surface area (Å²) in [5.41, 5.74) is -0.0534. The Morgan fingerprint density at radius 2 is 1.83 bits per heavy atom. The lowest BCUT2D eigenvalue weighted by atomic mass is 9.86. The van der Waals surface area contributed by atoms with Gasteiger partial charge in [-0.3, -0.25) is 4.79 Å². The summed E-state index contributed by atoms with van der Waals surface area (Å²) < 4.78 is 6.12. The zero-order chi connectivity index (χ0) is 16.8. The van der Waals surface area contributed by atoms with Crippen molar-refractivity contribution >= 4 is 16.9 Å². The van der Waals surface area contributed by atoms with Crippen LogP contribution in [0.15, 0.2) is 65.6 Å². The van der Waals surface area contributed by atoms with Gasteiger partial charge in [0.2, 0.25) is 0 Å². The van der Waals surface area contributed by atoms with Gasteiger partial charge in [-0.25, -0.2) is 0 Å². The highest BCUT2D eigenvalue weighted by atomic mass is 32.2. The van der Waals surface area contributed by atoms with Crippen LogP contribution in [0.3, 0.4) is 0 Å². The van der Waals surface area contributed by atoms with Crippen molar-refractivity contribution < 1.29 is 9.53 Å². The van der Waals surface area contributed by atoms with Gasteiger partial charge in [0, 0.05) is 11.3 Å². The summed E-state index contributed by atoms with van der Waals surface area (Å²) in [7, 11) is 0. The molecule has 0 radical (unpaired) electrons. The lowest BCUT2D eigenvalue weighted by molar-refractivity contribution is -0.125. The second-order valence-electron chi connectivity index (χ2n) is 5.93. The van der Waals surface area contributed by atoms with E-state index in [4.69, 9.17) is 4.74 Å². The monoisotopic (exact) mass is 337 g/mol. The van der Waals surface area contributed by atoms with E-state index >= 15 is 0 Å². The van der Waals surface area contributed by atoms with Crippen molar-refractivity contribution in [2.24, 2.45) is 0 Å². The molecule has 0 aromatic heterocycles. The third kappa shape index (κ3) is 3.87. The number of thioether (sulfide) groups is 1. The molecular weight excluding hydrogens is 318 g/mol. The molecule has 1 aliphatic rings. The van der Waals surface area contributed by atoms with Gasteiger partial charge in [0.05, 0.1) is 6.10 Å². The predicted octanol–water partition coefficient (Wildman–Crippen LogP) is 4.68. The summed E-state index contributed by atoms with van der Waals surface area (Å²) in [6, 6.07) is 21.6. The Kier molecular flexibility index (Phi) is 5.34. The maximum atomic E-state index is 12.3. The Balaban J connectivity index is 1.67. The van der Waals surface area contributed by atoms with Gasteiger partial charge < -0.3 is 4.74 Å². The van der Waals surface area contributed by atoms with Crippen LogP contribution in [0.1, 0.15) is 31.2 Å². The van der Waals surface area contributed by atoms with E-state index in [-0.39, 0.29) is 11.2 Å². The Bertz CT molecular complexity index is 726. The molecule has 4 heteroatoms. The Morgan fingerprint density at radius 1 is 1.17 bits per heavy atom. The fourth-order valence-electron chi connectivity index (χ4n) is 3.04. The van der Waals surface area contributed by atoms with Crippen LogP contribution in [0, 0.1) is 11.3 Å². The lowest BCUT2D eigenvalue weighted by Gasteiger charge is -2.36. The van der Waals surface area contributed by atoms with Crippen LogP contribution in [0.5, 0.6) is 0 Å². The largest absolute Gasteiger partial charge is 0.352 e. The summed E-state index contributed by atoms with van der Waals surface area (Å²) in [4.78, 5) is 13.3. The van der Waals surface area contributed by atoms with Crippen molar-refractivity contribution in [1.29, 1.82) is 5.26 Å². The highest BCUT2D eigenvalue weighted by Crippen LogP contribution is 2.38. The van der Waals surface area contributed by atoms with Crippen LogP contribution in [-0.2, 0) is 15.1 Å². The van der Waals surface area contributed by atoms with E-state index in [1.54, 1.807) is 0 Å². The van der Waals surface area contributed by atoms with Gasteiger partial charge in [0.1, 0.15) is 6.07 Å². The van der Waals surface area contributed by atoms with Gasteiger partial charge in [-0.15, -0.1) is 0 Å². The second-order valence-corrected chi connectivity index (χ2v) is 7.06. The fourth-order valence-corrected chi connectivity index (χ4v) is 3.86. The molecule has 3 rings (SSSR count). The number of benzene rings is 2. The van der Waals surface area contributed by atoms with Crippen LogP contribution in [-0.4, -0.2) is 11.2 Å². The normalized spacial score (nSPS) is 23.4. The molecule has 2 aromatic rings. The molecule has 1 aliphatic heterocycles. The molecular formula is C20H19NO2S. The van der Waals surface area contributed by atoms with Gasteiger partial charge in [0.25, 0.3) is 0 Å². The number of nitrogens with zero attached hydrogens (tertiary/aromatic N) is 1. The third-order valence-corrected chi connectivity index (χ3v) is 5.11. The second kappa shape index (κ2) is 7.65. The van der Waals surface area contributed by atoms with Crippen molar-refractivity contribution in [3.8, 4) is 6.07 Å². The van der Waals surface area contributed by atoms with Crippen molar-refractivity contribution in [3.63, 3.8) is 0 Å². The number of carbonyl (C=O) groups is 1. The molecule has 0 unspecified atom stereocenters. The molecule has 0 amide bonds. The minimum Gasteiger partial charge on any atom is -0.352 e. The van der Waals surface area contributed by atoms with Crippen LogP contribution in [0.25, 0.3) is 0 Å². The molecule has 122 valence electrons. The molecule has 24 heavy (non-hydrogen) atoms. The quantitative estimate of drug-likeness (QED) is 0.760. The topological polar surface area (TPSA) is 50.1 Å². The maximum Gasteiger partial charge on any atom is 0.196 e. The standard InChI is InChI=1S/C20H19NO2S/c21-15-20(16-8-3-1-4-9-16)13-7-10-17(23-20)14-19(22)24-18-11-5-2-6-12-18/h1-6,8-9,11-12,17H,7,10,13-14H2/t17-,20-/m0/s1. The van der Waals surface area contributed by atoms with Gasteiger partial charge in [-0.1, -0.05) is 60.3 Å². The number of nitriles is 1. The first-order valence-corrected chi connectivity index (χ1v) is 8.94. The van der Waals surface area contributed by atoms with E-state index in [1.165, 1.54) is 11.8 Å². The summed E-state index contributed by atoms with van der Waals surface area (Å²) in [6.45, 7) is 0. The summed E-state index contributed by atoms with van der Waals surface area (Å²) >= 11 is 1.24. The van der Waals surface area contributed by atoms with Gasteiger partial charge in [0.15, 0.2) is 10.7 Å². The van der Waals surface area contributed by atoms with Crippen LogP contribution >= 0.6 is 11.8 Å². The van der Waals surface area contributed by atoms with Crippen molar-refractivity contribution in [1.82, 2.24) is 0 Å². The molecule has 1 heterocycles. The fraction of sp³-hybridized carbons (Fsp3) is 0.300. The molecule has 1 fully saturated rings. The molecule has 0 N–H and O–H groups in total. The zero-order valence-corrected chi connectivity index (χ0v) is 14.2. The first kappa shape index (κ1) is 16.8. The summed E-state index contributed by atoms with van der Waals surface area (Å²) in [5.74, 6) is 0. The SMILES string of the molecule is N#C[C@]1(c2ccccc2)CCC[C@@H](CC(=O)Sc2ccccc2)O1. The summed E-state index contributed by atoms with van der Waals surface area (Å²) in [5, 5.41) is 9.79. The first-order valence-electron chi connectivity index (χ1n) is 8.12. The molecule has 0 saturated carbocycles. The number of rotatable bonds is 4. The van der Waals surface area contributed by atoms with E-state index in [1.807, 2.05) is 60.7 Å². The Morgan fingerprint density at radius 3 is 2.50 bits per heavy atom. The van der Waals surface area contributed by atoms with E-state index in [0.717, 1.165) is 23.3 Å². The summed E-state index contributed by atoms with van der Waals surface area (Å²) in [6.07, 6.45) is 2.50. The highest BCUT2D eigenvalue weighted by Gasteiger charge is 2.39. The van der Waals surface area contributed by atoms with E-state index < -0.39 is 5.60 Å². The molecule has 1 saturated heterocycles. The number of carbonyl (C=O) groups excluding carboxylic acids is 1. The van der Waals surface area contributed by atoms with Gasteiger partial charge in [-0.2, -0.15) is 5.26 Å². The predicted molar refractivity (Wildman–Crippen MR) is 94.4 cm³/mol. The van der Waals surface area contributed by atoms with Gasteiger partial charge >= 0.3 is 0 Å². The molecule has 0 bridgehead atoms. The molecule has 0 aliphatic carbocycles. The van der Waals surface area contributed by atoms with E-state index in [2.05, 4.69) is 6.07 Å². The highest BCUT2D eigenvalue weighted by molar-refractivity contribution is 8.13. The number of hydrogen-bond donors (Lipinski definition) is 0. The number of ether oxygens (including phenoxy) is 1. The van der Waals surface area contributed by atoms with Crippen LogP contribution in [0.4, 0.5) is 0 Å². The first-order chi connectivity index (χ1) is 11.7. The van der Waals surface area contributed by atoms with Gasteiger partial charge in [-0.05, 0) is 37.0 Å². The molecule has 2 atom stereocenters. The smallest absolute Gasteiger partial charge is 0.196 e. The minimum absolute atomic E-state index is 0.0769. The van der Waals surface area contributed by atoms with E-state index in [0.29, 0.717) is 12.8 Å². The molecule has 3 nitrogen and oxygen atoms in total. The molecule has 2 aromatic carbocycles. The van der Waals surface area contributed by atoms with Crippen LogP contribution < -0.4 is 0 Å². The lowest BCUT2D eigenvalue weighted by Crippen LogP contribution is -2.38. The van der Waals surface area contributed by atoms with Crippen LogP contribution in [0.2, 0.25) is 0 Å². The minimum atomic E-state index is -0.929. The van der Waals surface area contributed by atoms with Crippen molar-refractivity contribution in [2.75, 3.05) is 0 Å². The van der Waals surface area contributed by atoms with E-state index in [9.17, 15) is 10.1 Å². The molecule has 0 spiro atoms. The number of hydrogen-bond acceptors (Lipinski definition) is 4. The Labute approximate surface area is 146 Å².